The highest BCUT2D eigenvalue weighted by Gasteiger charge is 2.47. The third-order valence-corrected chi connectivity index (χ3v) is 6.37. The first-order valence-corrected chi connectivity index (χ1v) is 11.3. The number of nitrogens with zero attached hydrogens (tertiary/aromatic N) is 4. The SMILES string of the molecule is O=C(c1cccnc1)N1C[C@H](OC(=O)C(F)(F)F)[C@@H](N2CCN(Cc3ccc(Cl)cc3)CC2)C1. The van der Waals surface area contributed by atoms with Gasteiger partial charge in [0, 0.05) is 56.7 Å². The molecule has 0 radical (unpaired) electrons. The van der Waals surface area contributed by atoms with Crippen LogP contribution >= 0.6 is 11.6 Å². The van der Waals surface area contributed by atoms with Crippen molar-refractivity contribution in [3.63, 3.8) is 0 Å². The predicted molar refractivity (Wildman–Crippen MR) is 118 cm³/mol. The van der Waals surface area contributed by atoms with E-state index in [0.717, 1.165) is 12.1 Å². The topological polar surface area (TPSA) is 66.0 Å². The van der Waals surface area contributed by atoms with Crippen molar-refractivity contribution in [2.24, 2.45) is 0 Å². The van der Waals surface area contributed by atoms with Crippen LogP contribution in [0.25, 0.3) is 0 Å². The Bertz CT molecular complexity index is 999. The predicted octanol–water partition coefficient (Wildman–Crippen LogP) is 2.85. The molecule has 2 aromatic rings. The number of benzene rings is 1. The fourth-order valence-electron chi connectivity index (χ4n) is 4.37. The van der Waals surface area contributed by atoms with Gasteiger partial charge in [-0.15, -0.1) is 0 Å². The van der Waals surface area contributed by atoms with Gasteiger partial charge in [0.05, 0.1) is 18.2 Å². The van der Waals surface area contributed by atoms with Crippen molar-refractivity contribution in [1.82, 2.24) is 19.7 Å². The smallest absolute Gasteiger partial charge is 0.452 e. The summed E-state index contributed by atoms with van der Waals surface area (Å²) >= 11 is 5.94. The highest BCUT2D eigenvalue weighted by Crippen LogP contribution is 2.26. The summed E-state index contributed by atoms with van der Waals surface area (Å²) in [5.41, 5.74) is 1.45. The molecule has 0 saturated carbocycles. The number of ether oxygens (including phenoxy) is 1. The minimum Gasteiger partial charge on any atom is -0.452 e. The standard InChI is InChI=1S/C23H24ClF3N4O3/c24-18-5-3-16(4-6-18)13-29-8-10-30(11-9-29)19-14-31(21(32)17-2-1-7-28-12-17)15-20(19)34-22(33)23(25,26)27/h1-7,12,19-20H,8-11,13-15H2/t19-,20-/m0/s1. The van der Waals surface area contributed by atoms with E-state index in [4.69, 9.17) is 16.3 Å². The van der Waals surface area contributed by atoms with Crippen LogP contribution in [0.2, 0.25) is 5.02 Å². The van der Waals surface area contributed by atoms with E-state index >= 15 is 0 Å². The van der Waals surface area contributed by atoms with E-state index in [9.17, 15) is 22.8 Å². The van der Waals surface area contributed by atoms with Gasteiger partial charge in [-0.05, 0) is 29.8 Å². The summed E-state index contributed by atoms with van der Waals surface area (Å²) < 4.78 is 43.5. The molecule has 0 bridgehead atoms. The molecule has 2 aliphatic rings. The van der Waals surface area contributed by atoms with Crippen LogP contribution in [-0.4, -0.2) is 89.2 Å². The summed E-state index contributed by atoms with van der Waals surface area (Å²) in [7, 11) is 0. The molecule has 1 amide bonds. The van der Waals surface area contributed by atoms with Crippen LogP contribution in [0, 0.1) is 0 Å². The molecular weight excluding hydrogens is 473 g/mol. The Morgan fingerprint density at radius 2 is 1.76 bits per heavy atom. The Balaban J connectivity index is 1.42. The number of rotatable bonds is 5. The third-order valence-electron chi connectivity index (χ3n) is 6.12. The fourth-order valence-corrected chi connectivity index (χ4v) is 4.49. The molecule has 0 aliphatic carbocycles. The zero-order valence-electron chi connectivity index (χ0n) is 18.2. The maximum absolute atomic E-state index is 12.9. The van der Waals surface area contributed by atoms with Gasteiger partial charge in [-0.1, -0.05) is 23.7 Å². The van der Waals surface area contributed by atoms with Crippen molar-refractivity contribution in [1.29, 1.82) is 0 Å². The molecule has 2 aliphatic heterocycles. The largest absolute Gasteiger partial charge is 0.490 e. The Morgan fingerprint density at radius 3 is 2.38 bits per heavy atom. The number of likely N-dealkylation sites (tertiary alicyclic amines) is 1. The lowest BCUT2D eigenvalue weighted by Crippen LogP contribution is -2.54. The number of esters is 1. The zero-order valence-corrected chi connectivity index (χ0v) is 19.0. The molecular formula is C23H24ClF3N4O3. The molecule has 2 saturated heterocycles. The lowest BCUT2D eigenvalue weighted by atomic mass is 10.1. The fraction of sp³-hybridized carbons (Fsp3) is 0.435. The third kappa shape index (κ3) is 5.86. The number of aromatic nitrogens is 1. The summed E-state index contributed by atoms with van der Waals surface area (Å²) in [5.74, 6) is -2.59. The lowest BCUT2D eigenvalue weighted by Gasteiger charge is -2.39. The number of amides is 1. The highest BCUT2D eigenvalue weighted by molar-refractivity contribution is 6.30. The Kier molecular flexibility index (Phi) is 7.39. The van der Waals surface area contributed by atoms with E-state index in [1.54, 1.807) is 12.1 Å². The maximum Gasteiger partial charge on any atom is 0.490 e. The summed E-state index contributed by atoms with van der Waals surface area (Å²) in [6.07, 6.45) is -3.23. The molecule has 7 nitrogen and oxygen atoms in total. The van der Waals surface area contributed by atoms with Crippen LogP contribution in [0.5, 0.6) is 0 Å². The number of hydrogen-bond acceptors (Lipinski definition) is 6. The zero-order chi connectivity index (χ0) is 24.3. The number of carbonyl (C=O) groups excluding carboxylic acids is 2. The molecule has 1 aromatic carbocycles. The van der Waals surface area contributed by atoms with E-state index in [1.807, 2.05) is 29.2 Å². The number of piperazine rings is 1. The van der Waals surface area contributed by atoms with E-state index < -0.39 is 24.3 Å². The minimum absolute atomic E-state index is 0.106. The van der Waals surface area contributed by atoms with Crippen molar-refractivity contribution >= 4 is 23.5 Å². The number of halogens is 4. The molecule has 0 N–H and O–H groups in total. The lowest BCUT2D eigenvalue weighted by molar-refractivity contribution is -0.206. The van der Waals surface area contributed by atoms with E-state index in [0.29, 0.717) is 36.8 Å². The summed E-state index contributed by atoms with van der Waals surface area (Å²) in [6, 6.07) is 10.3. The second-order valence-electron chi connectivity index (χ2n) is 8.40. The van der Waals surface area contributed by atoms with Crippen LogP contribution in [0.15, 0.2) is 48.8 Å². The first-order chi connectivity index (χ1) is 16.2. The van der Waals surface area contributed by atoms with Gasteiger partial charge < -0.3 is 9.64 Å². The average molecular weight is 497 g/mol. The Hall–Kier alpha value is -2.69. The van der Waals surface area contributed by atoms with Gasteiger partial charge in [0.1, 0.15) is 6.10 Å². The van der Waals surface area contributed by atoms with Gasteiger partial charge in [0.15, 0.2) is 0 Å². The van der Waals surface area contributed by atoms with Gasteiger partial charge in [-0.25, -0.2) is 4.79 Å². The molecule has 34 heavy (non-hydrogen) atoms. The quantitative estimate of drug-likeness (QED) is 0.593. The summed E-state index contributed by atoms with van der Waals surface area (Å²) in [6.45, 7) is 3.32. The van der Waals surface area contributed by atoms with Gasteiger partial charge in [0.25, 0.3) is 5.91 Å². The van der Waals surface area contributed by atoms with Crippen molar-refractivity contribution in [2.45, 2.75) is 24.9 Å². The Morgan fingerprint density at radius 1 is 1.06 bits per heavy atom. The molecule has 2 atom stereocenters. The van der Waals surface area contributed by atoms with Crippen LogP contribution in [-0.2, 0) is 16.1 Å². The maximum atomic E-state index is 12.9. The second kappa shape index (κ2) is 10.3. The van der Waals surface area contributed by atoms with Crippen LogP contribution in [0.4, 0.5) is 13.2 Å². The van der Waals surface area contributed by atoms with Crippen LogP contribution < -0.4 is 0 Å². The monoisotopic (exact) mass is 496 g/mol. The van der Waals surface area contributed by atoms with Gasteiger partial charge in [-0.3, -0.25) is 19.6 Å². The number of hydrogen-bond donors (Lipinski definition) is 0. The van der Waals surface area contributed by atoms with E-state index in [1.165, 1.54) is 17.3 Å². The molecule has 182 valence electrons. The van der Waals surface area contributed by atoms with Crippen molar-refractivity contribution in [2.75, 3.05) is 39.3 Å². The van der Waals surface area contributed by atoms with Crippen molar-refractivity contribution in [3.8, 4) is 0 Å². The van der Waals surface area contributed by atoms with E-state index in [2.05, 4.69) is 9.88 Å². The minimum atomic E-state index is -5.09. The van der Waals surface area contributed by atoms with Crippen LogP contribution in [0.3, 0.4) is 0 Å². The van der Waals surface area contributed by atoms with Gasteiger partial charge in [0.2, 0.25) is 0 Å². The Labute approximate surface area is 200 Å². The molecule has 11 heteroatoms. The van der Waals surface area contributed by atoms with Gasteiger partial charge >= 0.3 is 12.1 Å². The molecule has 3 heterocycles. The van der Waals surface area contributed by atoms with Crippen molar-refractivity contribution < 1.29 is 27.5 Å². The average Bonchev–Trinajstić information content (AvgIpc) is 3.24. The highest BCUT2D eigenvalue weighted by atomic mass is 35.5. The van der Waals surface area contributed by atoms with Crippen LogP contribution in [0.1, 0.15) is 15.9 Å². The normalized spacial score (nSPS) is 22.1. The number of alkyl halides is 3. The summed E-state index contributed by atoms with van der Waals surface area (Å²) in [5, 5.41) is 0.666. The number of pyridine rings is 1. The molecule has 4 rings (SSSR count). The summed E-state index contributed by atoms with van der Waals surface area (Å²) in [4.78, 5) is 34.0. The molecule has 2 fully saturated rings. The van der Waals surface area contributed by atoms with E-state index in [-0.39, 0.29) is 19.0 Å². The second-order valence-corrected chi connectivity index (χ2v) is 8.84. The molecule has 0 spiro atoms. The molecule has 1 aromatic heterocycles. The van der Waals surface area contributed by atoms with Gasteiger partial charge in [-0.2, -0.15) is 13.2 Å². The first kappa shape index (κ1) is 24.4. The first-order valence-electron chi connectivity index (χ1n) is 10.9. The van der Waals surface area contributed by atoms with Crippen molar-refractivity contribution in [3.05, 3.63) is 64.9 Å². The number of carbonyl (C=O) groups is 2. The molecule has 0 unspecified atom stereocenters.